The monoisotopic (exact) mass is 270 g/mol. The maximum Gasteiger partial charge on any atom is 0.171 e. The van der Waals surface area contributed by atoms with Gasteiger partial charge in [0.1, 0.15) is 0 Å². The van der Waals surface area contributed by atoms with Crippen LogP contribution in [-0.2, 0) is 0 Å². The number of methoxy groups -OCH3 is 2. The Kier molecular flexibility index (Phi) is 4.08. The van der Waals surface area contributed by atoms with Crippen LogP contribution in [0.15, 0.2) is 30.3 Å². The van der Waals surface area contributed by atoms with E-state index in [1.807, 2.05) is 18.2 Å². The van der Waals surface area contributed by atoms with Crippen LogP contribution in [0.3, 0.4) is 0 Å². The molecule has 0 N–H and O–H groups in total. The lowest BCUT2D eigenvalue weighted by molar-refractivity contribution is 0.112. The number of carbonyl (C=O) groups excluding carboxylic acids is 1. The van der Waals surface area contributed by atoms with Gasteiger partial charge in [-0.15, -0.1) is 0 Å². The molecule has 0 spiro atoms. The van der Waals surface area contributed by atoms with Gasteiger partial charge in [-0.05, 0) is 48.2 Å². The molecule has 0 radical (unpaired) electrons. The molecule has 104 valence electrons. The molecule has 0 bridgehead atoms. The molecule has 3 nitrogen and oxygen atoms in total. The molecule has 0 atom stereocenters. The molecule has 2 aromatic carbocycles. The Hall–Kier alpha value is -2.29. The van der Waals surface area contributed by atoms with E-state index in [9.17, 15) is 4.79 Å². The van der Waals surface area contributed by atoms with Gasteiger partial charge in [0, 0.05) is 0 Å². The maximum absolute atomic E-state index is 11.2. The maximum atomic E-state index is 11.2. The second-order valence-electron chi connectivity index (χ2n) is 4.72. The van der Waals surface area contributed by atoms with Gasteiger partial charge < -0.3 is 9.47 Å². The Morgan fingerprint density at radius 2 is 1.65 bits per heavy atom. The minimum atomic E-state index is 0.468. The quantitative estimate of drug-likeness (QED) is 0.793. The van der Waals surface area contributed by atoms with Crippen molar-refractivity contribution >= 4 is 6.29 Å². The summed E-state index contributed by atoms with van der Waals surface area (Å²) in [6.07, 6.45) is 0.784. The molecule has 0 saturated carbocycles. The third-order valence-corrected chi connectivity index (χ3v) is 3.47. The number of rotatable bonds is 4. The van der Waals surface area contributed by atoms with Gasteiger partial charge in [-0.3, -0.25) is 4.79 Å². The van der Waals surface area contributed by atoms with Gasteiger partial charge in [-0.2, -0.15) is 0 Å². The Balaban J connectivity index is 2.62. The first-order valence-corrected chi connectivity index (χ1v) is 6.39. The van der Waals surface area contributed by atoms with E-state index in [1.54, 1.807) is 7.11 Å². The van der Waals surface area contributed by atoms with Crippen molar-refractivity contribution in [1.82, 2.24) is 0 Å². The molecule has 2 aromatic rings. The van der Waals surface area contributed by atoms with E-state index in [4.69, 9.17) is 9.47 Å². The zero-order valence-electron chi connectivity index (χ0n) is 12.2. The number of ether oxygens (including phenoxy) is 2. The van der Waals surface area contributed by atoms with Crippen LogP contribution in [0.2, 0.25) is 0 Å². The van der Waals surface area contributed by atoms with Crippen molar-refractivity contribution in [3.05, 3.63) is 47.0 Å². The van der Waals surface area contributed by atoms with E-state index in [2.05, 4.69) is 26.0 Å². The lowest BCUT2D eigenvalue weighted by Gasteiger charge is -2.13. The molecular weight excluding hydrogens is 252 g/mol. The van der Waals surface area contributed by atoms with Crippen LogP contribution >= 0.6 is 0 Å². The zero-order valence-corrected chi connectivity index (χ0v) is 12.2. The average molecular weight is 270 g/mol. The van der Waals surface area contributed by atoms with Crippen molar-refractivity contribution in [1.29, 1.82) is 0 Å². The Bertz CT molecular complexity index is 645. The zero-order chi connectivity index (χ0) is 14.7. The van der Waals surface area contributed by atoms with E-state index >= 15 is 0 Å². The Morgan fingerprint density at radius 1 is 0.900 bits per heavy atom. The second kappa shape index (κ2) is 5.78. The SMILES string of the molecule is COc1cc(-c2ccc(C)c(C)c2)cc(C=O)c1OC. The number of hydrogen-bond acceptors (Lipinski definition) is 3. The molecule has 0 aliphatic carbocycles. The number of hydrogen-bond donors (Lipinski definition) is 0. The van der Waals surface area contributed by atoms with E-state index in [-0.39, 0.29) is 0 Å². The van der Waals surface area contributed by atoms with Gasteiger partial charge in [0.25, 0.3) is 0 Å². The van der Waals surface area contributed by atoms with Crippen LogP contribution in [0.1, 0.15) is 21.5 Å². The third kappa shape index (κ3) is 2.52. The summed E-state index contributed by atoms with van der Waals surface area (Å²) in [4.78, 5) is 11.2. The van der Waals surface area contributed by atoms with E-state index in [1.165, 1.54) is 18.2 Å². The average Bonchev–Trinajstić information content (AvgIpc) is 2.48. The normalized spacial score (nSPS) is 10.2. The number of aryl methyl sites for hydroxylation is 2. The first-order valence-electron chi connectivity index (χ1n) is 6.39. The van der Waals surface area contributed by atoms with Gasteiger partial charge in [0.15, 0.2) is 17.8 Å². The molecule has 20 heavy (non-hydrogen) atoms. The van der Waals surface area contributed by atoms with Gasteiger partial charge in [0.2, 0.25) is 0 Å². The topological polar surface area (TPSA) is 35.5 Å². The summed E-state index contributed by atoms with van der Waals surface area (Å²) >= 11 is 0. The lowest BCUT2D eigenvalue weighted by atomic mass is 9.98. The van der Waals surface area contributed by atoms with Gasteiger partial charge in [-0.1, -0.05) is 18.2 Å². The highest BCUT2D eigenvalue weighted by Crippen LogP contribution is 2.35. The van der Waals surface area contributed by atoms with Crippen LogP contribution < -0.4 is 9.47 Å². The highest BCUT2D eigenvalue weighted by molar-refractivity contribution is 5.85. The van der Waals surface area contributed by atoms with Crippen molar-refractivity contribution in [2.45, 2.75) is 13.8 Å². The van der Waals surface area contributed by atoms with Crippen LogP contribution in [-0.4, -0.2) is 20.5 Å². The van der Waals surface area contributed by atoms with Crippen molar-refractivity contribution in [3.8, 4) is 22.6 Å². The summed E-state index contributed by atoms with van der Waals surface area (Å²) in [5, 5.41) is 0. The largest absolute Gasteiger partial charge is 0.493 e. The molecule has 3 heteroatoms. The molecule has 0 saturated heterocycles. The first-order chi connectivity index (χ1) is 9.60. The standard InChI is InChI=1S/C17H18O3/c1-11-5-6-13(7-12(11)2)14-8-15(10-18)17(20-4)16(9-14)19-3/h5-10H,1-4H3. The summed E-state index contributed by atoms with van der Waals surface area (Å²) < 4.78 is 10.5. The predicted octanol–water partition coefficient (Wildman–Crippen LogP) is 3.80. The third-order valence-electron chi connectivity index (χ3n) is 3.47. The first kappa shape index (κ1) is 14.1. The highest BCUT2D eigenvalue weighted by atomic mass is 16.5. The fourth-order valence-electron chi connectivity index (χ4n) is 2.17. The summed E-state index contributed by atoms with van der Waals surface area (Å²) in [7, 11) is 3.09. The van der Waals surface area contributed by atoms with Crippen LogP contribution in [0, 0.1) is 13.8 Å². The summed E-state index contributed by atoms with van der Waals surface area (Å²) in [6.45, 7) is 4.14. The molecule has 2 rings (SSSR count). The molecule has 0 aromatic heterocycles. The molecule has 0 amide bonds. The minimum absolute atomic E-state index is 0.468. The van der Waals surface area contributed by atoms with Gasteiger partial charge in [-0.25, -0.2) is 0 Å². The molecule has 0 unspecified atom stereocenters. The Labute approximate surface area is 119 Å². The Morgan fingerprint density at radius 3 is 2.20 bits per heavy atom. The van der Waals surface area contributed by atoms with Crippen molar-refractivity contribution in [2.75, 3.05) is 14.2 Å². The fourth-order valence-corrected chi connectivity index (χ4v) is 2.17. The second-order valence-corrected chi connectivity index (χ2v) is 4.72. The smallest absolute Gasteiger partial charge is 0.171 e. The molecule has 0 fully saturated rings. The number of benzene rings is 2. The summed E-state index contributed by atoms with van der Waals surface area (Å²) in [5.74, 6) is 1.03. The van der Waals surface area contributed by atoms with Gasteiger partial charge in [0.05, 0.1) is 19.8 Å². The number of carbonyl (C=O) groups is 1. The van der Waals surface area contributed by atoms with Crippen LogP contribution in [0.4, 0.5) is 0 Å². The molecule has 0 aliphatic heterocycles. The summed E-state index contributed by atoms with van der Waals surface area (Å²) in [5.41, 5.74) is 4.93. The van der Waals surface area contributed by atoms with Crippen molar-refractivity contribution < 1.29 is 14.3 Å². The van der Waals surface area contributed by atoms with E-state index in [0.717, 1.165) is 17.4 Å². The van der Waals surface area contributed by atoms with Gasteiger partial charge >= 0.3 is 0 Å². The van der Waals surface area contributed by atoms with E-state index in [0.29, 0.717) is 17.1 Å². The summed E-state index contributed by atoms with van der Waals surface area (Å²) in [6, 6.07) is 9.92. The molecule has 0 heterocycles. The predicted molar refractivity (Wildman–Crippen MR) is 79.8 cm³/mol. The minimum Gasteiger partial charge on any atom is -0.493 e. The lowest BCUT2D eigenvalue weighted by Crippen LogP contribution is -1.96. The van der Waals surface area contributed by atoms with Crippen LogP contribution in [0.5, 0.6) is 11.5 Å². The number of aldehydes is 1. The molecule has 0 aliphatic rings. The van der Waals surface area contributed by atoms with Crippen molar-refractivity contribution in [3.63, 3.8) is 0 Å². The van der Waals surface area contributed by atoms with Crippen molar-refractivity contribution in [2.24, 2.45) is 0 Å². The fraction of sp³-hybridized carbons (Fsp3) is 0.235. The van der Waals surface area contributed by atoms with Crippen LogP contribution in [0.25, 0.3) is 11.1 Å². The molecular formula is C17H18O3. The van der Waals surface area contributed by atoms with E-state index < -0.39 is 0 Å². The highest BCUT2D eigenvalue weighted by Gasteiger charge is 2.13.